The van der Waals surface area contributed by atoms with Crippen molar-refractivity contribution in [2.75, 3.05) is 0 Å². The minimum absolute atomic E-state index is 0.499. The minimum atomic E-state index is -0.792. The number of carbonyl (C=O) groups is 1. The molecule has 0 radical (unpaired) electrons. The predicted octanol–water partition coefficient (Wildman–Crippen LogP) is 2.66. The Morgan fingerprint density at radius 1 is 1.20 bits per heavy atom. The van der Waals surface area contributed by atoms with E-state index in [1.165, 1.54) is 16.7 Å². The van der Waals surface area contributed by atoms with Crippen molar-refractivity contribution in [3.05, 3.63) is 40.5 Å². The van der Waals surface area contributed by atoms with Crippen molar-refractivity contribution in [1.29, 1.82) is 0 Å². The Kier molecular flexibility index (Phi) is 1.72. The van der Waals surface area contributed by atoms with Gasteiger partial charge in [0.05, 0.1) is 5.56 Å². The monoisotopic (exact) mass is 200 g/mol. The lowest BCUT2D eigenvalue weighted by molar-refractivity contribution is 0.0696. The summed E-state index contributed by atoms with van der Waals surface area (Å²) in [6.07, 6.45) is 6.35. The quantitative estimate of drug-likeness (QED) is 0.756. The molecule has 2 aliphatic rings. The van der Waals surface area contributed by atoms with Gasteiger partial charge in [-0.3, -0.25) is 0 Å². The van der Waals surface area contributed by atoms with Crippen LogP contribution in [0.2, 0.25) is 0 Å². The second-order valence-electron chi connectivity index (χ2n) is 4.20. The molecule has 2 aliphatic carbocycles. The molecule has 0 unspecified atom stereocenters. The number of hydrogen-bond donors (Lipinski definition) is 1. The fourth-order valence-electron chi connectivity index (χ4n) is 2.76. The fourth-order valence-corrected chi connectivity index (χ4v) is 2.76. The third-order valence-corrected chi connectivity index (χ3v) is 3.40. The van der Waals surface area contributed by atoms with E-state index in [1.807, 2.05) is 6.07 Å². The lowest BCUT2D eigenvalue weighted by Crippen LogP contribution is -2.05. The largest absolute Gasteiger partial charge is 0.478 e. The van der Waals surface area contributed by atoms with Gasteiger partial charge in [0.1, 0.15) is 0 Å². The molecule has 0 bridgehead atoms. The number of carboxylic acid groups (broad SMARTS) is 1. The first-order valence-corrected chi connectivity index (χ1v) is 5.35. The van der Waals surface area contributed by atoms with Crippen molar-refractivity contribution >= 4 is 11.5 Å². The first-order valence-electron chi connectivity index (χ1n) is 5.35. The SMILES string of the molecule is O=C(O)c1ccc2c3c1CCC3=CCC2. The molecule has 0 heterocycles. The molecule has 0 atom stereocenters. The summed E-state index contributed by atoms with van der Waals surface area (Å²) < 4.78 is 0. The van der Waals surface area contributed by atoms with Crippen LogP contribution >= 0.6 is 0 Å². The highest BCUT2D eigenvalue weighted by Gasteiger charge is 2.26. The standard InChI is InChI=1S/C13H12O2/c14-13(15)11-7-5-9-3-1-2-8-4-6-10(11)12(8)9/h2,5,7H,1,3-4,6H2,(H,14,15). The zero-order valence-electron chi connectivity index (χ0n) is 8.42. The molecule has 0 saturated carbocycles. The Labute approximate surface area is 88.2 Å². The highest BCUT2D eigenvalue weighted by molar-refractivity contribution is 5.93. The Morgan fingerprint density at radius 3 is 2.87 bits per heavy atom. The Balaban J connectivity index is 2.29. The molecule has 76 valence electrons. The normalized spacial score (nSPS) is 17.2. The zero-order valence-corrected chi connectivity index (χ0v) is 8.42. The van der Waals surface area contributed by atoms with Crippen LogP contribution < -0.4 is 0 Å². The number of aromatic carboxylic acids is 1. The van der Waals surface area contributed by atoms with Crippen LogP contribution in [-0.4, -0.2) is 11.1 Å². The summed E-state index contributed by atoms with van der Waals surface area (Å²) in [5, 5.41) is 9.10. The number of aryl methyl sites for hydroxylation is 1. The van der Waals surface area contributed by atoms with E-state index in [4.69, 9.17) is 5.11 Å². The maximum absolute atomic E-state index is 11.1. The molecule has 1 aromatic rings. The predicted molar refractivity (Wildman–Crippen MR) is 58.0 cm³/mol. The smallest absolute Gasteiger partial charge is 0.335 e. The fraction of sp³-hybridized carbons (Fsp3) is 0.308. The van der Waals surface area contributed by atoms with E-state index in [-0.39, 0.29) is 0 Å². The van der Waals surface area contributed by atoms with Crippen LogP contribution in [0.25, 0.3) is 5.57 Å². The minimum Gasteiger partial charge on any atom is -0.478 e. The lowest BCUT2D eigenvalue weighted by Gasteiger charge is -2.15. The van der Waals surface area contributed by atoms with Crippen molar-refractivity contribution in [1.82, 2.24) is 0 Å². The average molecular weight is 200 g/mol. The van der Waals surface area contributed by atoms with Crippen LogP contribution in [0.3, 0.4) is 0 Å². The number of hydrogen-bond acceptors (Lipinski definition) is 1. The average Bonchev–Trinajstić information content (AvgIpc) is 2.65. The summed E-state index contributed by atoms with van der Waals surface area (Å²) in [4.78, 5) is 11.1. The van der Waals surface area contributed by atoms with Crippen LogP contribution in [-0.2, 0) is 12.8 Å². The van der Waals surface area contributed by atoms with Crippen LogP contribution in [0.15, 0.2) is 18.2 Å². The molecule has 2 nitrogen and oxygen atoms in total. The molecular weight excluding hydrogens is 188 g/mol. The summed E-state index contributed by atoms with van der Waals surface area (Å²) in [6, 6.07) is 3.76. The van der Waals surface area contributed by atoms with Crippen LogP contribution in [0.4, 0.5) is 0 Å². The van der Waals surface area contributed by atoms with E-state index >= 15 is 0 Å². The van der Waals surface area contributed by atoms with Gasteiger partial charge in [0, 0.05) is 0 Å². The second-order valence-corrected chi connectivity index (χ2v) is 4.20. The summed E-state index contributed by atoms with van der Waals surface area (Å²) in [7, 11) is 0. The maximum atomic E-state index is 11.1. The van der Waals surface area contributed by atoms with Gasteiger partial charge < -0.3 is 5.11 Å². The third kappa shape index (κ3) is 1.14. The zero-order chi connectivity index (χ0) is 10.4. The first-order chi connectivity index (χ1) is 7.27. The van der Waals surface area contributed by atoms with Gasteiger partial charge in [-0.1, -0.05) is 12.1 Å². The molecular formula is C13H12O2. The molecule has 1 aromatic carbocycles. The van der Waals surface area contributed by atoms with Gasteiger partial charge in [-0.15, -0.1) is 0 Å². The van der Waals surface area contributed by atoms with Gasteiger partial charge >= 0.3 is 5.97 Å². The van der Waals surface area contributed by atoms with Gasteiger partial charge in [0.25, 0.3) is 0 Å². The summed E-state index contributed by atoms with van der Waals surface area (Å²) >= 11 is 0. The molecule has 0 amide bonds. The number of allylic oxidation sites excluding steroid dienone is 2. The number of carboxylic acids is 1. The van der Waals surface area contributed by atoms with Crippen LogP contribution in [0, 0.1) is 0 Å². The Bertz CT molecular complexity index is 484. The van der Waals surface area contributed by atoms with Crippen LogP contribution in [0.1, 0.15) is 39.9 Å². The molecule has 0 spiro atoms. The van der Waals surface area contributed by atoms with Gasteiger partial charge in [0.15, 0.2) is 0 Å². The van der Waals surface area contributed by atoms with E-state index in [0.29, 0.717) is 5.56 Å². The highest BCUT2D eigenvalue weighted by Crippen LogP contribution is 2.40. The van der Waals surface area contributed by atoms with E-state index in [9.17, 15) is 4.79 Å². The van der Waals surface area contributed by atoms with E-state index in [2.05, 4.69) is 6.08 Å². The van der Waals surface area contributed by atoms with Crippen LogP contribution in [0.5, 0.6) is 0 Å². The molecule has 15 heavy (non-hydrogen) atoms. The van der Waals surface area contributed by atoms with Gasteiger partial charge in [-0.25, -0.2) is 4.79 Å². The Hall–Kier alpha value is -1.57. The summed E-state index contributed by atoms with van der Waals surface area (Å²) in [6.45, 7) is 0. The molecule has 3 rings (SSSR count). The molecule has 0 fully saturated rings. The molecule has 0 saturated heterocycles. The molecule has 1 N–H and O–H groups in total. The van der Waals surface area contributed by atoms with E-state index in [0.717, 1.165) is 31.2 Å². The van der Waals surface area contributed by atoms with E-state index < -0.39 is 5.97 Å². The topological polar surface area (TPSA) is 37.3 Å². The third-order valence-electron chi connectivity index (χ3n) is 3.40. The second kappa shape index (κ2) is 2.96. The summed E-state index contributed by atoms with van der Waals surface area (Å²) in [5.41, 5.74) is 5.52. The van der Waals surface area contributed by atoms with E-state index in [1.54, 1.807) is 6.07 Å². The maximum Gasteiger partial charge on any atom is 0.335 e. The summed E-state index contributed by atoms with van der Waals surface area (Å²) in [5.74, 6) is -0.792. The number of rotatable bonds is 1. The molecule has 0 aromatic heterocycles. The van der Waals surface area contributed by atoms with Crippen molar-refractivity contribution in [3.63, 3.8) is 0 Å². The van der Waals surface area contributed by atoms with Crippen molar-refractivity contribution in [2.24, 2.45) is 0 Å². The van der Waals surface area contributed by atoms with Crippen molar-refractivity contribution in [2.45, 2.75) is 25.7 Å². The van der Waals surface area contributed by atoms with Gasteiger partial charge in [-0.05, 0) is 54.0 Å². The number of benzene rings is 1. The lowest BCUT2D eigenvalue weighted by atomic mass is 9.90. The van der Waals surface area contributed by atoms with Gasteiger partial charge in [-0.2, -0.15) is 0 Å². The molecule has 0 aliphatic heterocycles. The molecule has 2 heteroatoms. The first kappa shape index (κ1) is 8.72. The highest BCUT2D eigenvalue weighted by atomic mass is 16.4. The van der Waals surface area contributed by atoms with Crippen molar-refractivity contribution < 1.29 is 9.90 Å². The van der Waals surface area contributed by atoms with Crippen molar-refractivity contribution in [3.8, 4) is 0 Å². The Morgan fingerprint density at radius 2 is 2.07 bits per heavy atom. The van der Waals surface area contributed by atoms with Gasteiger partial charge in [0.2, 0.25) is 0 Å².